The first-order chi connectivity index (χ1) is 12.3. The fraction of sp³-hybridized carbons (Fsp3) is 0.238. The molecular formula is C21H22N2O3. The molecule has 1 aromatic carbocycles. The first-order valence-corrected chi connectivity index (χ1v) is 8.38. The largest absolute Gasteiger partial charge is 0.505 e. The second kappa shape index (κ2) is 6.67. The average molecular weight is 350 g/mol. The van der Waals surface area contributed by atoms with Crippen molar-refractivity contribution in [2.75, 3.05) is 7.11 Å². The highest BCUT2D eigenvalue weighted by Gasteiger charge is 2.27. The van der Waals surface area contributed by atoms with E-state index in [1.807, 2.05) is 26.0 Å². The van der Waals surface area contributed by atoms with Crippen molar-refractivity contribution in [2.24, 2.45) is 4.99 Å². The van der Waals surface area contributed by atoms with Gasteiger partial charge in [0, 0.05) is 17.1 Å². The highest BCUT2D eigenvalue weighted by Crippen LogP contribution is 2.29. The molecule has 1 aromatic heterocycles. The predicted octanol–water partition coefficient (Wildman–Crippen LogP) is 4.20. The van der Waals surface area contributed by atoms with E-state index in [0.29, 0.717) is 11.4 Å². The zero-order valence-electron chi connectivity index (χ0n) is 15.6. The number of esters is 1. The van der Waals surface area contributed by atoms with E-state index in [9.17, 15) is 9.90 Å². The van der Waals surface area contributed by atoms with Crippen LogP contribution in [0, 0.1) is 20.8 Å². The zero-order chi connectivity index (χ0) is 19.0. The number of ether oxygens (including phenoxy) is 1. The number of methoxy groups -OCH3 is 1. The van der Waals surface area contributed by atoms with Crippen LogP contribution in [0.5, 0.6) is 0 Å². The number of aliphatic hydroxyl groups is 1. The van der Waals surface area contributed by atoms with Crippen molar-refractivity contribution in [3.05, 3.63) is 69.9 Å². The maximum atomic E-state index is 11.8. The summed E-state index contributed by atoms with van der Waals surface area (Å²) in [6.07, 6.45) is 1.80. The maximum absolute atomic E-state index is 11.8. The van der Waals surface area contributed by atoms with Crippen LogP contribution in [0.1, 0.15) is 29.4 Å². The van der Waals surface area contributed by atoms with Crippen molar-refractivity contribution < 1.29 is 14.6 Å². The van der Waals surface area contributed by atoms with Gasteiger partial charge in [0.15, 0.2) is 5.76 Å². The van der Waals surface area contributed by atoms with Gasteiger partial charge in [-0.05, 0) is 63.1 Å². The van der Waals surface area contributed by atoms with Crippen molar-refractivity contribution >= 4 is 17.8 Å². The fourth-order valence-electron chi connectivity index (χ4n) is 3.28. The van der Waals surface area contributed by atoms with E-state index in [1.54, 1.807) is 13.0 Å². The molecule has 5 nitrogen and oxygen atoms in total. The third-order valence-electron chi connectivity index (χ3n) is 4.54. The molecule has 0 aliphatic carbocycles. The second-order valence-electron chi connectivity index (χ2n) is 6.44. The van der Waals surface area contributed by atoms with Gasteiger partial charge in [-0.3, -0.25) is 0 Å². The molecule has 0 saturated carbocycles. The number of rotatable bonds is 3. The Morgan fingerprint density at radius 1 is 1.19 bits per heavy atom. The minimum atomic E-state index is -0.586. The molecular weight excluding hydrogens is 328 g/mol. The Morgan fingerprint density at radius 3 is 2.58 bits per heavy atom. The van der Waals surface area contributed by atoms with Crippen molar-refractivity contribution in [3.63, 3.8) is 0 Å². The summed E-state index contributed by atoms with van der Waals surface area (Å²) < 4.78 is 6.88. The normalized spacial score (nSPS) is 15.6. The lowest BCUT2D eigenvalue weighted by Crippen LogP contribution is -2.11. The van der Waals surface area contributed by atoms with Crippen LogP contribution in [0.4, 0.5) is 0 Å². The lowest BCUT2D eigenvalue weighted by Gasteiger charge is -2.10. The third kappa shape index (κ3) is 2.96. The minimum Gasteiger partial charge on any atom is -0.505 e. The average Bonchev–Trinajstić information content (AvgIpc) is 3.03. The number of hydrogen-bond donors (Lipinski definition) is 1. The summed E-state index contributed by atoms with van der Waals surface area (Å²) in [5.74, 6) is -0.730. The van der Waals surface area contributed by atoms with Gasteiger partial charge < -0.3 is 14.4 Å². The molecule has 0 fully saturated rings. The molecule has 0 bridgehead atoms. The molecule has 1 N–H and O–H groups in total. The van der Waals surface area contributed by atoms with Gasteiger partial charge in [0.25, 0.3) is 0 Å². The summed E-state index contributed by atoms with van der Waals surface area (Å²) in [7, 11) is 1.28. The number of aliphatic imine (C=N–C) groups is 1. The Balaban J connectivity index is 2.08. The molecule has 3 rings (SSSR count). The van der Waals surface area contributed by atoms with Gasteiger partial charge in [-0.15, -0.1) is 0 Å². The van der Waals surface area contributed by atoms with Gasteiger partial charge in [-0.1, -0.05) is 12.1 Å². The van der Waals surface area contributed by atoms with Crippen LogP contribution >= 0.6 is 0 Å². The van der Waals surface area contributed by atoms with Crippen LogP contribution < -0.4 is 0 Å². The minimum absolute atomic E-state index is 0.117. The number of aliphatic hydroxyl groups excluding tert-OH is 1. The maximum Gasteiger partial charge on any atom is 0.343 e. The third-order valence-corrected chi connectivity index (χ3v) is 4.54. The summed E-state index contributed by atoms with van der Waals surface area (Å²) in [6.45, 7) is 7.80. The number of hydrogen-bond acceptors (Lipinski definition) is 4. The van der Waals surface area contributed by atoms with E-state index in [2.05, 4.69) is 34.7 Å². The number of benzene rings is 1. The fourth-order valence-corrected chi connectivity index (χ4v) is 3.28. The smallest absolute Gasteiger partial charge is 0.343 e. The SMILES string of the molecule is COC(=O)C1=C(O)/C(=C\c2cc(C)n(-c3cccc(C)c3)c2C)N=C1C. The first kappa shape index (κ1) is 17.7. The highest BCUT2D eigenvalue weighted by molar-refractivity contribution is 6.22. The molecule has 2 aromatic rings. The Hall–Kier alpha value is -3.08. The Labute approximate surface area is 153 Å². The lowest BCUT2D eigenvalue weighted by atomic mass is 10.1. The van der Waals surface area contributed by atoms with E-state index in [-0.39, 0.29) is 11.3 Å². The van der Waals surface area contributed by atoms with Crippen molar-refractivity contribution in [2.45, 2.75) is 27.7 Å². The van der Waals surface area contributed by atoms with Crippen LogP contribution in [0.3, 0.4) is 0 Å². The molecule has 0 radical (unpaired) electrons. The van der Waals surface area contributed by atoms with Gasteiger partial charge in [-0.25, -0.2) is 9.79 Å². The van der Waals surface area contributed by atoms with Crippen molar-refractivity contribution in [3.8, 4) is 5.69 Å². The molecule has 26 heavy (non-hydrogen) atoms. The molecule has 0 saturated heterocycles. The molecule has 1 aliphatic heterocycles. The number of carbonyl (C=O) groups is 1. The number of carbonyl (C=O) groups excluding carboxylic acids is 1. The molecule has 1 aliphatic rings. The van der Waals surface area contributed by atoms with Gasteiger partial charge in [0.2, 0.25) is 0 Å². The van der Waals surface area contributed by atoms with Crippen LogP contribution in [0.25, 0.3) is 11.8 Å². The Kier molecular flexibility index (Phi) is 4.55. The van der Waals surface area contributed by atoms with Crippen LogP contribution in [0.15, 0.2) is 52.4 Å². The van der Waals surface area contributed by atoms with Gasteiger partial charge in [-0.2, -0.15) is 0 Å². The molecule has 0 amide bonds. The van der Waals surface area contributed by atoms with Crippen molar-refractivity contribution in [1.82, 2.24) is 4.57 Å². The first-order valence-electron chi connectivity index (χ1n) is 8.38. The quantitative estimate of drug-likeness (QED) is 0.844. The van der Waals surface area contributed by atoms with Gasteiger partial charge in [0.1, 0.15) is 11.3 Å². The number of aromatic nitrogens is 1. The number of nitrogens with zero attached hydrogens (tertiary/aromatic N) is 2. The lowest BCUT2D eigenvalue weighted by molar-refractivity contribution is -0.135. The highest BCUT2D eigenvalue weighted by atomic mass is 16.5. The van der Waals surface area contributed by atoms with Gasteiger partial charge in [0.05, 0.1) is 12.8 Å². The monoisotopic (exact) mass is 350 g/mol. The molecule has 2 heterocycles. The van der Waals surface area contributed by atoms with E-state index in [1.165, 1.54) is 12.7 Å². The molecule has 0 unspecified atom stereocenters. The predicted molar refractivity (Wildman–Crippen MR) is 103 cm³/mol. The Morgan fingerprint density at radius 2 is 1.92 bits per heavy atom. The molecule has 0 atom stereocenters. The van der Waals surface area contributed by atoms with Crippen LogP contribution in [-0.2, 0) is 9.53 Å². The van der Waals surface area contributed by atoms with E-state index in [4.69, 9.17) is 4.74 Å². The second-order valence-corrected chi connectivity index (χ2v) is 6.44. The zero-order valence-corrected chi connectivity index (χ0v) is 15.6. The standard InChI is InChI=1S/C21H22N2O3/c1-12-7-6-8-17(9-12)23-13(2)10-16(15(23)4)11-18-20(24)19(14(3)22-18)21(25)26-5/h6-11,24H,1-5H3/b18-11+. The van der Waals surface area contributed by atoms with Crippen LogP contribution in [0.2, 0.25) is 0 Å². The summed E-state index contributed by atoms with van der Waals surface area (Å²) in [5.41, 5.74) is 6.27. The summed E-state index contributed by atoms with van der Waals surface area (Å²) in [6, 6.07) is 10.3. The van der Waals surface area contributed by atoms with Gasteiger partial charge >= 0.3 is 5.97 Å². The van der Waals surface area contributed by atoms with E-state index < -0.39 is 5.97 Å². The Bertz CT molecular complexity index is 991. The molecule has 134 valence electrons. The van der Waals surface area contributed by atoms with Crippen molar-refractivity contribution in [1.29, 1.82) is 0 Å². The topological polar surface area (TPSA) is 63.8 Å². The van der Waals surface area contributed by atoms with E-state index >= 15 is 0 Å². The summed E-state index contributed by atoms with van der Waals surface area (Å²) in [4.78, 5) is 16.1. The summed E-state index contributed by atoms with van der Waals surface area (Å²) >= 11 is 0. The molecule has 5 heteroatoms. The summed E-state index contributed by atoms with van der Waals surface area (Å²) in [5, 5.41) is 10.4. The van der Waals surface area contributed by atoms with E-state index in [0.717, 1.165) is 22.6 Å². The number of aryl methyl sites for hydroxylation is 2. The molecule has 0 spiro atoms. The van der Waals surface area contributed by atoms with Crippen LogP contribution in [-0.4, -0.2) is 28.5 Å².